The Hall–Kier alpha value is -3.15. The molecule has 1 aliphatic rings. The van der Waals surface area contributed by atoms with E-state index in [1.54, 1.807) is 11.9 Å². The summed E-state index contributed by atoms with van der Waals surface area (Å²) in [5.41, 5.74) is 4.87. The fourth-order valence-corrected chi connectivity index (χ4v) is 3.76. The molecule has 6 nitrogen and oxygen atoms in total. The van der Waals surface area contributed by atoms with E-state index < -0.39 is 5.92 Å². The fraction of sp³-hybridized carbons (Fsp3) is 0.375. The highest BCUT2D eigenvalue weighted by atomic mass is 16.2. The maximum absolute atomic E-state index is 12.9. The number of para-hydroxylation sites is 1. The zero-order valence-electron chi connectivity index (χ0n) is 18.1. The second kappa shape index (κ2) is 9.11. The molecule has 1 aliphatic heterocycles. The molecule has 0 saturated carbocycles. The molecule has 1 N–H and O–H groups in total. The number of hydrogen-bond acceptors (Lipinski definition) is 3. The van der Waals surface area contributed by atoms with Gasteiger partial charge in [0.2, 0.25) is 17.7 Å². The lowest BCUT2D eigenvalue weighted by atomic mass is 10.1. The quantitative estimate of drug-likeness (QED) is 0.747. The van der Waals surface area contributed by atoms with Crippen molar-refractivity contribution in [3.63, 3.8) is 0 Å². The second-order valence-corrected chi connectivity index (χ2v) is 7.85. The average molecular weight is 408 g/mol. The van der Waals surface area contributed by atoms with E-state index in [4.69, 9.17) is 0 Å². The van der Waals surface area contributed by atoms with Gasteiger partial charge in [0.15, 0.2) is 0 Å². The van der Waals surface area contributed by atoms with E-state index in [0.29, 0.717) is 13.0 Å². The predicted molar refractivity (Wildman–Crippen MR) is 118 cm³/mol. The van der Waals surface area contributed by atoms with Gasteiger partial charge in [-0.25, -0.2) is 0 Å². The summed E-state index contributed by atoms with van der Waals surface area (Å²) in [5.74, 6) is -1.53. The molecular weight excluding hydrogens is 378 g/mol. The van der Waals surface area contributed by atoms with Crippen LogP contribution < -0.4 is 10.2 Å². The highest BCUT2D eigenvalue weighted by Crippen LogP contribution is 2.28. The van der Waals surface area contributed by atoms with Gasteiger partial charge < -0.3 is 15.1 Å². The molecule has 0 aromatic heterocycles. The van der Waals surface area contributed by atoms with Crippen LogP contribution in [-0.4, -0.2) is 42.8 Å². The number of likely N-dealkylation sites (N-methyl/N-ethyl adjacent to an activating group) is 1. The van der Waals surface area contributed by atoms with Crippen LogP contribution in [0.1, 0.15) is 30.0 Å². The first-order chi connectivity index (χ1) is 14.3. The zero-order chi connectivity index (χ0) is 21.8. The SMILES string of the molecule is CCc1ccccc1NC(=O)CN(C)C(=O)C1CCN(c2ccc(C)c(C)c2)C1=O. The van der Waals surface area contributed by atoms with Crippen LogP contribution >= 0.6 is 0 Å². The van der Waals surface area contributed by atoms with Crippen LogP contribution in [0.3, 0.4) is 0 Å². The lowest BCUT2D eigenvalue weighted by Crippen LogP contribution is -2.41. The van der Waals surface area contributed by atoms with E-state index in [1.165, 1.54) is 4.90 Å². The van der Waals surface area contributed by atoms with Gasteiger partial charge in [-0.05, 0) is 61.6 Å². The number of hydrogen-bond donors (Lipinski definition) is 1. The molecule has 0 radical (unpaired) electrons. The third-order valence-corrected chi connectivity index (χ3v) is 5.74. The minimum Gasteiger partial charge on any atom is -0.336 e. The van der Waals surface area contributed by atoms with Crippen molar-refractivity contribution in [2.75, 3.05) is 30.4 Å². The summed E-state index contributed by atoms with van der Waals surface area (Å²) in [7, 11) is 1.57. The van der Waals surface area contributed by atoms with Crippen LogP contribution in [-0.2, 0) is 20.8 Å². The van der Waals surface area contributed by atoms with E-state index >= 15 is 0 Å². The maximum atomic E-state index is 12.9. The number of nitrogens with one attached hydrogen (secondary N) is 1. The van der Waals surface area contributed by atoms with Crippen LogP contribution in [0.25, 0.3) is 0 Å². The first kappa shape index (κ1) is 21.6. The summed E-state index contributed by atoms with van der Waals surface area (Å²) < 4.78 is 0. The van der Waals surface area contributed by atoms with Crippen molar-refractivity contribution in [3.05, 3.63) is 59.2 Å². The molecule has 0 aliphatic carbocycles. The molecule has 0 bridgehead atoms. The lowest BCUT2D eigenvalue weighted by Gasteiger charge is -2.21. The molecule has 1 atom stereocenters. The smallest absolute Gasteiger partial charge is 0.243 e. The lowest BCUT2D eigenvalue weighted by molar-refractivity contribution is -0.140. The number of anilines is 2. The normalized spacial score (nSPS) is 15.9. The molecule has 2 aromatic carbocycles. The van der Waals surface area contributed by atoms with Gasteiger partial charge in [0.25, 0.3) is 0 Å². The van der Waals surface area contributed by atoms with Gasteiger partial charge in [-0.1, -0.05) is 31.2 Å². The molecule has 1 fully saturated rings. The summed E-state index contributed by atoms with van der Waals surface area (Å²) in [4.78, 5) is 41.2. The van der Waals surface area contributed by atoms with Crippen molar-refractivity contribution in [2.45, 2.75) is 33.6 Å². The van der Waals surface area contributed by atoms with Gasteiger partial charge in [-0.3, -0.25) is 14.4 Å². The topological polar surface area (TPSA) is 69.7 Å². The first-order valence-corrected chi connectivity index (χ1v) is 10.3. The molecule has 6 heteroatoms. The largest absolute Gasteiger partial charge is 0.336 e. The number of carbonyl (C=O) groups excluding carboxylic acids is 3. The summed E-state index contributed by atoms with van der Waals surface area (Å²) in [5, 5.41) is 2.87. The van der Waals surface area contributed by atoms with Gasteiger partial charge in [0.1, 0.15) is 5.92 Å². The van der Waals surface area contributed by atoms with Crippen molar-refractivity contribution in [2.24, 2.45) is 5.92 Å². The number of nitrogens with zero attached hydrogens (tertiary/aromatic N) is 2. The van der Waals surface area contributed by atoms with Crippen molar-refractivity contribution in [1.29, 1.82) is 0 Å². The van der Waals surface area contributed by atoms with E-state index in [2.05, 4.69) is 5.32 Å². The third kappa shape index (κ3) is 4.53. The molecule has 3 rings (SSSR count). The number of carbonyl (C=O) groups is 3. The van der Waals surface area contributed by atoms with Gasteiger partial charge in [0.05, 0.1) is 6.54 Å². The van der Waals surface area contributed by atoms with E-state index in [9.17, 15) is 14.4 Å². The van der Waals surface area contributed by atoms with Crippen LogP contribution in [0.5, 0.6) is 0 Å². The van der Waals surface area contributed by atoms with Gasteiger partial charge in [-0.15, -0.1) is 0 Å². The van der Waals surface area contributed by atoms with Crippen LogP contribution in [0.15, 0.2) is 42.5 Å². The number of rotatable bonds is 6. The van der Waals surface area contributed by atoms with E-state index in [1.807, 2.05) is 63.2 Å². The zero-order valence-corrected chi connectivity index (χ0v) is 18.1. The summed E-state index contributed by atoms with van der Waals surface area (Å²) in [6.45, 7) is 6.46. The Morgan fingerprint density at radius 2 is 1.87 bits per heavy atom. The summed E-state index contributed by atoms with van der Waals surface area (Å²) in [6, 6.07) is 13.5. The molecule has 2 aromatic rings. The summed E-state index contributed by atoms with van der Waals surface area (Å²) >= 11 is 0. The van der Waals surface area contributed by atoms with Crippen LogP contribution in [0.2, 0.25) is 0 Å². The van der Waals surface area contributed by atoms with Crippen molar-refractivity contribution in [3.8, 4) is 0 Å². The first-order valence-electron chi connectivity index (χ1n) is 10.3. The standard InChI is InChI=1S/C24H29N3O3/c1-5-18-8-6-7-9-21(18)25-22(28)15-26(4)23(29)20-12-13-27(24(20)30)19-11-10-16(2)17(3)14-19/h6-11,14,20H,5,12-13,15H2,1-4H3,(H,25,28). The predicted octanol–water partition coefficient (Wildman–Crippen LogP) is 3.32. The van der Waals surface area contributed by atoms with Gasteiger partial charge >= 0.3 is 0 Å². The van der Waals surface area contributed by atoms with Gasteiger partial charge in [-0.2, -0.15) is 0 Å². The summed E-state index contributed by atoms with van der Waals surface area (Å²) in [6.07, 6.45) is 1.26. The minimum atomic E-state index is -0.743. The Bertz CT molecular complexity index is 970. The van der Waals surface area contributed by atoms with E-state index in [0.717, 1.165) is 34.5 Å². The number of aryl methyl sites for hydroxylation is 3. The highest BCUT2D eigenvalue weighted by Gasteiger charge is 2.39. The second-order valence-electron chi connectivity index (χ2n) is 7.85. The molecule has 30 heavy (non-hydrogen) atoms. The monoisotopic (exact) mass is 407 g/mol. The Morgan fingerprint density at radius 3 is 2.57 bits per heavy atom. The van der Waals surface area contributed by atoms with Crippen molar-refractivity contribution >= 4 is 29.1 Å². The van der Waals surface area contributed by atoms with Crippen molar-refractivity contribution in [1.82, 2.24) is 4.90 Å². The van der Waals surface area contributed by atoms with Crippen molar-refractivity contribution < 1.29 is 14.4 Å². The fourth-order valence-electron chi connectivity index (χ4n) is 3.76. The molecule has 0 spiro atoms. The van der Waals surface area contributed by atoms with E-state index in [-0.39, 0.29) is 24.3 Å². The van der Waals surface area contributed by atoms with Crippen LogP contribution in [0.4, 0.5) is 11.4 Å². The Labute approximate surface area is 177 Å². The minimum absolute atomic E-state index is 0.0930. The number of benzene rings is 2. The third-order valence-electron chi connectivity index (χ3n) is 5.74. The Morgan fingerprint density at radius 1 is 1.13 bits per heavy atom. The Balaban J connectivity index is 1.62. The number of amides is 3. The molecular formula is C24H29N3O3. The average Bonchev–Trinajstić information content (AvgIpc) is 3.11. The molecule has 1 unspecified atom stereocenters. The highest BCUT2D eigenvalue weighted by molar-refractivity contribution is 6.10. The molecule has 1 saturated heterocycles. The molecule has 3 amide bonds. The maximum Gasteiger partial charge on any atom is 0.243 e. The van der Waals surface area contributed by atoms with Crippen LogP contribution in [0, 0.1) is 19.8 Å². The molecule has 158 valence electrons. The van der Waals surface area contributed by atoms with Gasteiger partial charge in [0, 0.05) is 25.0 Å². The molecule has 1 heterocycles. The Kier molecular flexibility index (Phi) is 6.55.